The molecule has 2 aromatic rings. The monoisotopic (exact) mass is 331 g/mol. The fourth-order valence-corrected chi connectivity index (χ4v) is 3.71. The summed E-state index contributed by atoms with van der Waals surface area (Å²) in [5.74, 6) is 0.197. The highest BCUT2D eigenvalue weighted by Crippen LogP contribution is 2.39. The number of hydrogen-bond acceptors (Lipinski definition) is 4. The van der Waals surface area contributed by atoms with Gasteiger partial charge in [-0.1, -0.05) is 36.4 Å². The molecule has 0 radical (unpaired) electrons. The first kappa shape index (κ1) is 16.2. The molecule has 0 saturated heterocycles. The Morgan fingerprint density at radius 2 is 2.04 bits per heavy atom. The summed E-state index contributed by atoms with van der Waals surface area (Å²) in [5, 5.41) is 14.6. The van der Waals surface area contributed by atoms with Gasteiger partial charge >= 0.3 is 0 Å². The number of aliphatic hydroxyl groups is 1. The topological polar surface area (TPSA) is 58.6 Å². The molecular weight excluding hydrogens is 310 g/mol. The predicted molar refractivity (Wildman–Crippen MR) is 90.0 cm³/mol. The number of carbonyl (C=O) groups is 1. The Labute approximate surface area is 140 Å². The summed E-state index contributed by atoms with van der Waals surface area (Å²) in [5.41, 5.74) is 1.05. The SMILES string of the molecule is O=C(COCc1ccccc1)N[C@@H](c1cccs1)C1CC(O)C1. The smallest absolute Gasteiger partial charge is 0.246 e. The Kier molecular flexibility index (Phi) is 5.43. The molecular formula is C18H21NO3S. The second kappa shape index (κ2) is 7.73. The second-order valence-corrected chi connectivity index (χ2v) is 6.90. The molecule has 4 nitrogen and oxygen atoms in total. The van der Waals surface area contributed by atoms with Crippen molar-refractivity contribution < 1.29 is 14.6 Å². The predicted octanol–water partition coefficient (Wildman–Crippen LogP) is 2.89. The number of ether oxygens (including phenoxy) is 1. The maximum Gasteiger partial charge on any atom is 0.246 e. The van der Waals surface area contributed by atoms with Gasteiger partial charge in [-0.15, -0.1) is 11.3 Å². The van der Waals surface area contributed by atoms with Crippen molar-refractivity contribution in [2.45, 2.75) is 31.6 Å². The molecule has 1 heterocycles. The maximum atomic E-state index is 12.2. The number of nitrogens with one attached hydrogen (secondary N) is 1. The zero-order chi connectivity index (χ0) is 16.1. The minimum absolute atomic E-state index is 0.0220. The molecule has 1 aliphatic carbocycles. The first-order valence-corrected chi connectivity index (χ1v) is 8.73. The quantitative estimate of drug-likeness (QED) is 0.820. The number of carbonyl (C=O) groups excluding carboxylic acids is 1. The van der Waals surface area contributed by atoms with Gasteiger partial charge in [-0.25, -0.2) is 0 Å². The van der Waals surface area contributed by atoms with Gasteiger partial charge in [0.2, 0.25) is 5.91 Å². The van der Waals surface area contributed by atoms with E-state index >= 15 is 0 Å². The minimum atomic E-state index is -0.228. The largest absolute Gasteiger partial charge is 0.393 e. The fraction of sp³-hybridized carbons (Fsp3) is 0.389. The fourth-order valence-electron chi connectivity index (χ4n) is 2.84. The molecule has 23 heavy (non-hydrogen) atoms. The van der Waals surface area contributed by atoms with Crippen LogP contribution in [0.3, 0.4) is 0 Å². The summed E-state index contributed by atoms with van der Waals surface area (Å²) >= 11 is 1.64. The van der Waals surface area contributed by atoms with Crippen LogP contribution in [-0.4, -0.2) is 23.7 Å². The molecule has 5 heteroatoms. The molecule has 1 aromatic carbocycles. The molecule has 0 bridgehead atoms. The van der Waals surface area contributed by atoms with Crippen molar-refractivity contribution in [2.75, 3.05) is 6.61 Å². The average Bonchev–Trinajstić information content (AvgIpc) is 3.05. The summed E-state index contributed by atoms with van der Waals surface area (Å²) in [4.78, 5) is 13.3. The van der Waals surface area contributed by atoms with Gasteiger partial charge in [-0.3, -0.25) is 4.79 Å². The van der Waals surface area contributed by atoms with Crippen molar-refractivity contribution in [3.05, 3.63) is 58.3 Å². The highest BCUT2D eigenvalue weighted by molar-refractivity contribution is 7.10. The van der Waals surface area contributed by atoms with Crippen LogP contribution in [0, 0.1) is 5.92 Å². The highest BCUT2D eigenvalue weighted by Gasteiger charge is 2.36. The van der Waals surface area contributed by atoms with Crippen molar-refractivity contribution >= 4 is 17.2 Å². The molecule has 3 rings (SSSR count). The van der Waals surface area contributed by atoms with Crippen LogP contribution >= 0.6 is 11.3 Å². The van der Waals surface area contributed by atoms with Gasteiger partial charge in [0.1, 0.15) is 6.61 Å². The number of amides is 1. The lowest BCUT2D eigenvalue weighted by Gasteiger charge is -2.37. The molecule has 0 aliphatic heterocycles. The lowest BCUT2D eigenvalue weighted by Crippen LogP contribution is -2.42. The van der Waals surface area contributed by atoms with Gasteiger partial charge in [-0.05, 0) is 35.8 Å². The van der Waals surface area contributed by atoms with Gasteiger partial charge in [0.15, 0.2) is 0 Å². The van der Waals surface area contributed by atoms with Crippen LogP contribution < -0.4 is 5.32 Å². The summed E-state index contributed by atoms with van der Waals surface area (Å²) in [6.07, 6.45) is 1.26. The molecule has 122 valence electrons. The van der Waals surface area contributed by atoms with E-state index in [1.54, 1.807) is 11.3 Å². The van der Waals surface area contributed by atoms with Gasteiger partial charge in [0.25, 0.3) is 0 Å². The molecule has 2 N–H and O–H groups in total. The van der Waals surface area contributed by atoms with Crippen molar-refractivity contribution in [3.63, 3.8) is 0 Å². The molecule has 1 saturated carbocycles. The Hall–Kier alpha value is -1.69. The van der Waals surface area contributed by atoms with E-state index in [2.05, 4.69) is 5.32 Å². The zero-order valence-electron chi connectivity index (χ0n) is 12.9. The maximum absolute atomic E-state index is 12.2. The van der Waals surface area contributed by atoms with E-state index in [4.69, 9.17) is 4.74 Å². The third kappa shape index (κ3) is 4.41. The van der Waals surface area contributed by atoms with E-state index < -0.39 is 0 Å². The number of aliphatic hydroxyl groups excluding tert-OH is 1. The van der Waals surface area contributed by atoms with Crippen LogP contribution in [-0.2, 0) is 16.1 Å². The van der Waals surface area contributed by atoms with E-state index in [0.717, 1.165) is 23.3 Å². The second-order valence-electron chi connectivity index (χ2n) is 5.92. The van der Waals surface area contributed by atoms with E-state index in [0.29, 0.717) is 12.5 Å². The van der Waals surface area contributed by atoms with Gasteiger partial charge in [0, 0.05) is 4.88 Å². The van der Waals surface area contributed by atoms with Crippen LogP contribution in [0.1, 0.15) is 29.3 Å². The van der Waals surface area contributed by atoms with Crippen LogP contribution in [0.2, 0.25) is 0 Å². The van der Waals surface area contributed by atoms with Crippen LogP contribution in [0.15, 0.2) is 47.8 Å². The van der Waals surface area contributed by atoms with E-state index in [1.165, 1.54) is 0 Å². The normalized spacial score (nSPS) is 21.4. The lowest BCUT2D eigenvalue weighted by atomic mass is 9.77. The molecule has 0 unspecified atom stereocenters. The molecule has 1 atom stereocenters. The lowest BCUT2D eigenvalue weighted by molar-refractivity contribution is -0.128. The summed E-state index contributed by atoms with van der Waals surface area (Å²) in [6, 6.07) is 13.8. The highest BCUT2D eigenvalue weighted by atomic mass is 32.1. The van der Waals surface area contributed by atoms with Crippen molar-refractivity contribution in [3.8, 4) is 0 Å². The van der Waals surface area contributed by atoms with Crippen molar-refractivity contribution in [1.82, 2.24) is 5.32 Å². The third-order valence-corrected chi connectivity index (χ3v) is 5.09. The van der Waals surface area contributed by atoms with Gasteiger partial charge < -0.3 is 15.2 Å². The van der Waals surface area contributed by atoms with E-state index in [9.17, 15) is 9.90 Å². The zero-order valence-corrected chi connectivity index (χ0v) is 13.7. The third-order valence-electron chi connectivity index (χ3n) is 4.13. The molecule has 1 aliphatic rings. The summed E-state index contributed by atoms with van der Waals surface area (Å²) in [6.45, 7) is 0.478. The Morgan fingerprint density at radius 3 is 2.70 bits per heavy atom. The van der Waals surface area contributed by atoms with Gasteiger partial charge in [-0.2, -0.15) is 0 Å². The minimum Gasteiger partial charge on any atom is -0.393 e. The molecule has 0 spiro atoms. The summed E-state index contributed by atoms with van der Waals surface area (Å²) in [7, 11) is 0. The number of thiophene rings is 1. The van der Waals surface area contributed by atoms with Crippen molar-refractivity contribution in [2.24, 2.45) is 5.92 Å². The Bertz CT molecular complexity index is 608. The van der Waals surface area contributed by atoms with Crippen LogP contribution in [0.5, 0.6) is 0 Å². The molecule has 1 fully saturated rings. The standard InChI is InChI=1S/C18H21NO3S/c20-15-9-14(10-15)18(16-7-4-8-23-16)19-17(21)12-22-11-13-5-2-1-3-6-13/h1-8,14-15,18,20H,9-12H2,(H,19,21)/t14?,15?,18-/m1/s1. The van der Waals surface area contributed by atoms with E-state index in [-0.39, 0.29) is 24.7 Å². The summed E-state index contributed by atoms with van der Waals surface area (Å²) < 4.78 is 5.49. The number of hydrogen-bond donors (Lipinski definition) is 2. The van der Waals surface area contributed by atoms with Crippen LogP contribution in [0.4, 0.5) is 0 Å². The van der Waals surface area contributed by atoms with Gasteiger partial charge in [0.05, 0.1) is 18.8 Å². The van der Waals surface area contributed by atoms with E-state index in [1.807, 2.05) is 47.8 Å². The first-order valence-electron chi connectivity index (χ1n) is 7.85. The Morgan fingerprint density at radius 1 is 1.26 bits per heavy atom. The van der Waals surface area contributed by atoms with Crippen LogP contribution in [0.25, 0.3) is 0 Å². The first-order chi connectivity index (χ1) is 11.2. The van der Waals surface area contributed by atoms with Crippen molar-refractivity contribution in [1.29, 1.82) is 0 Å². The number of benzene rings is 1. The average molecular weight is 331 g/mol. The molecule has 1 amide bonds. The Balaban J connectivity index is 1.50. The number of rotatable bonds is 7. The molecule has 1 aromatic heterocycles.